The van der Waals surface area contributed by atoms with E-state index in [4.69, 9.17) is 4.42 Å². The van der Waals surface area contributed by atoms with Crippen LogP contribution in [0.15, 0.2) is 59.0 Å². The number of halogens is 1. The molecule has 2 aromatic carbocycles. The minimum atomic E-state index is -0.267. The Morgan fingerprint density at radius 1 is 1.14 bits per heavy atom. The molecule has 1 N–H and O–H groups in total. The zero-order valence-electron chi connectivity index (χ0n) is 16.5. The van der Waals surface area contributed by atoms with Crippen molar-refractivity contribution in [3.05, 3.63) is 77.4 Å². The molecule has 0 radical (unpaired) electrons. The van der Waals surface area contributed by atoms with Gasteiger partial charge in [-0.3, -0.25) is 4.79 Å². The van der Waals surface area contributed by atoms with E-state index in [1.54, 1.807) is 12.1 Å². The summed E-state index contributed by atoms with van der Waals surface area (Å²) in [5, 5.41) is 3.18. The summed E-state index contributed by atoms with van der Waals surface area (Å²) in [5.74, 6) is 1.19. The van der Waals surface area contributed by atoms with E-state index < -0.39 is 0 Å². The molecule has 1 aliphatic carbocycles. The number of benzene rings is 2. The molecular weight excluding hydrogens is 367 g/mol. The molecule has 1 aromatic heterocycles. The summed E-state index contributed by atoms with van der Waals surface area (Å²) < 4.78 is 19.1. The van der Waals surface area contributed by atoms with Crippen LogP contribution in [0.1, 0.15) is 48.7 Å². The van der Waals surface area contributed by atoms with Crippen molar-refractivity contribution in [3.63, 3.8) is 0 Å². The molecule has 5 heteroatoms. The predicted octanol–water partition coefficient (Wildman–Crippen LogP) is 5.38. The van der Waals surface area contributed by atoms with Crippen molar-refractivity contribution in [1.82, 2.24) is 10.3 Å². The molecule has 0 unspecified atom stereocenters. The molecule has 0 aliphatic heterocycles. The first-order chi connectivity index (χ1) is 14.1. The number of hydrogen-bond donors (Lipinski definition) is 1. The predicted molar refractivity (Wildman–Crippen MR) is 110 cm³/mol. The van der Waals surface area contributed by atoms with Crippen LogP contribution < -0.4 is 5.32 Å². The molecule has 4 rings (SSSR count). The number of oxazole rings is 1. The van der Waals surface area contributed by atoms with Crippen molar-refractivity contribution >= 4 is 5.91 Å². The monoisotopic (exact) mass is 392 g/mol. The number of rotatable bonds is 6. The van der Waals surface area contributed by atoms with Crippen LogP contribution in [-0.4, -0.2) is 10.9 Å². The number of aromatic nitrogens is 1. The fourth-order valence-corrected chi connectivity index (χ4v) is 4.11. The van der Waals surface area contributed by atoms with Crippen molar-refractivity contribution in [2.24, 2.45) is 5.92 Å². The third-order valence-electron chi connectivity index (χ3n) is 5.66. The van der Waals surface area contributed by atoms with Crippen LogP contribution in [0.2, 0.25) is 0 Å². The van der Waals surface area contributed by atoms with E-state index in [1.165, 1.54) is 25.0 Å². The maximum atomic E-state index is 13.4. The molecule has 4 nitrogen and oxygen atoms in total. The van der Waals surface area contributed by atoms with Gasteiger partial charge in [0, 0.05) is 5.56 Å². The third-order valence-corrected chi connectivity index (χ3v) is 5.66. The van der Waals surface area contributed by atoms with Gasteiger partial charge in [0.1, 0.15) is 11.6 Å². The third kappa shape index (κ3) is 4.56. The molecule has 3 aromatic rings. The second kappa shape index (κ2) is 8.60. The van der Waals surface area contributed by atoms with Gasteiger partial charge in [-0.25, -0.2) is 9.37 Å². The molecule has 0 bridgehead atoms. The summed E-state index contributed by atoms with van der Waals surface area (Å²) in [6.45, 7) is 1.83. The van der Waals surface area contributed by atoms with Crippen LogP contribution in [0.5, 0.6) is 0 Å². The fourth-order valence-electron chi connectivity index (χ4n) is 4.11. The zero-order valence-corrected chi connectivity index (χ0v) is 16.5. The number of carbonyl (C=O) groups is 1. The van der Waals surface area contributed by atoms with Gasteiger partial charge in [0.05, 0.1) is 18.2 Å². The Hall–Kier alpha value is -2.95. The summed E-state index contributed by atoms with van der Waals surface area (Å²) in [4.78, 5) is 17.4. The minimum absolute atomic E-state index is 0.0952. The van der Waals surface area contributed by atoms with Gasteiger partial charge in [0.2, 0.25) is 11.8 Å². The first-order valence-electron chi connectivity index (χ1n) is 10.2. The van der Waals surface area contributed by atoms with E-state index in [1.807, 2.05) is 37.3 Å². The lowest BCUT2D eigenvalue weighted by atomic mass is 9.91. The fraction of sp³-hybridized carbons (Fsp3) is 0.333. The van der Waals surface area contributed by atoms with E-state index in [-0.39, 0.29) is 24.2 Å². The molecule has 29 heavy (non-hydrogen) atoms. The lowest BCUT2D eigenvalue weighted by molar-refractivity contribution is -0.121. The van der Waals surface area contributed by atoms with Crippen molar-refractivity contribution in [3.8, 4) is 11.5 Å². The summed E-state index contributed by atoms with van der Waals surface area (Å²) in [5.41, 5.74) is 2.48. The first kappa shape index (κ1) is 19.4. The molecular formula is C24H25FN2O2. The normalized spacial score (nSPS) is 15.4. The van der Waals surface area contributed by atoms with Crippen molar-refractivity contribution in [2.75, 3.05) is 0 Å². The van der Waals surface area contributed by atoms with Gasteiger partial charge in [-0.1, -0.05) is 43.2 Å². The highest BCUT2D eigenvalue weighted by atomic mass is 19.1. The summed E-state index contributed by atoms with van der Waals surface area (Å²) in [6, 6.07) is 16.0. The highest BCUT2D eigenvalue weighted by Crippen LogP contribution is 2.36. The average Bonchev–Trinajstić information content (AvgIpc) is 3.38. The molecule has 1 aliphatic rings. The smallest absolute Gasteiger partial charge is 0.226 e. The standard InChI is InChI=1S/C24H25FN2O2/c1-16-21(26-24(29-16)19-9-3-2-4-10-19)15-22(28)27-23(17-7-5-6-8-17)18-11-13-20(25)14-12-18/h2-4,9-14,17,23H,5-8,15H2,1H3,(H,27,28)/t23-/m1/s1. The summed E-state index contributed by atoms with van der Waals surface area (Å²) in [6.07, 6.45) is 4.64. The number of nitrogens with one attached hydrogen (secondary N) is 1. The van der Waals surface area contributed by atoms with Gasteiger partial charge in [0.15, 0.2) is 0 Å². The number of amides is 1. The van der Waals surface area contributed by atoms with Crippen LogP contribution >= 0.6 is 0 Å². The summed E-state index contributed by atoms with van der Waals surface area (Å²) in [7, 11) is 0. The SMILES string of the molecule is Cc1oc(-c2ccccc2)nc1CC(=O)N[C@@H](c1ccc(F)cc1)C1CCCC1. The Morgan fingerprint density at radius 2 is 1.83 bits per heavy atom. The van der Waals surface area contributed by atoms with Gasteiger partial charge < -0.3 is 9.73 Å². The van der Waals surface area contributed by atoms with Crippen LogP contribution in [0.4, 0.5) is 4.39 Å². The highest BCUT2D eigenvalue weighted by Gasteiger charge is 2.28. The Kier molecular flexibility index (Phi) is 5.74. The first-order valence-corrected chi connectivity index (χ1v) is 10.2. The lowest BCUT2D eigenvalue weighted by Gasteiger charge is -2.25. The number of nitrogens with zero attached hydrogens (tertiary/aromatic N) is 1. The molecule has 0 spiro atoms. The number of hydrogen-bond acceptors (Lipinski definition) is 3. The molecule has 1 saturated carbocycles. The molecule has 150 valence electrons. The highest BCUT2D eigenvalue weighted by molar-refractivity contribution is 5.79. The minimum Gasteiger partial charge on any atom is -0.441 e. The lowest BCUT2D eigenvalue weighted by Crippen LogP contribution is -2.34. The van der Waals surface area contributed by atoms with E-state index >= 15 is 0 Å². The second-order valence-electron chi connectivity index (χ2n) is 7.71. The zero-order chi connectivity index (χ0) is 20.2. The Balaban J connectivity index is 1.49. The van der Waals surface area contributed by atoms with Crippen molar-refractivity contribution in [1.29, 1.82) is 0 Å². The molecule has 0 saturated heterocycles. The molecule has 1 fully saturated rings. The maximum absolute atomic E-state index is 13.4. The van der Waals surface area contributed by atoms with Crippen molar-refractivity contribution < 1.29 is 13.6 Å². The van der Waals surface area contributed by atoms with E-state index in [9.17, 15) is 9.18 Å². The Morgan fingerprint density at radius 3 is 2.52 bits per heavy atom. The quantitative estimate of drug-likeness (QED) is 0.613. The largest absolute Gasteiger partial charge is 0.441 e. The van der Waals surface area contributed by atoms with Gasteiger partial charge in [-0.05, 0) is 55.5 Å². The maximum Gasteiger partial charge on any atom is 0.226 e. The Bertz CT molecular complexity index is 960. The van der Waals surface area contributed by atoms with Gasteiger partial charge in [-0.15, -0.1) is 0 Å². The van der Waals surface area contributed by atoms with Crippen LogP contribution in [0.3, 0.4) is 0 Å². The number of aryl methyl sites for hydroxylation is 1. The Labute approximate surface area is 170 Å². The van der Waals surface area contributed by atoms with Crippen LogP contribution in [0.25, 0.3) is 11.5 Å². The molecule has 1 heterocycles. The van der Waals surface area contributed by atoms with Crippen LogP contribution in [0, 0.1) is 18.7 Å². The van der Waals surface area contributed by atoms with Crippen molar-refractivity contribution in [2.45, 2.75) is 45.1 Å². The number of carbonyl (C=O) groups excluding carboxylic acids is 1. The molecule has 1 atom stereocenters. The van der Waals surface area contributed by atoms with Gasteiger partial charge >= 0.3 is 0 Å². The van der Waals surface area contributed by atoms with E-state index in [0.29, 0.717) is 23.3 Å². The molecule has 1 amide bonds. The van der Waals surface area contributed by atoms with Crippen LogP contribution in [-0.2, 0) is 11.2 Å². The van der Waals surface area contributed by atoms with E-state index in [0.717, 1.165) is 24.0 Å². The van der Waals surface area contributed by atoms with Gasteiger partial charge in [-0.2, -0.15) is 0 Å². The second-order valence-corrected chi connectivity index (χ2v) is 7.71. The summed E-state index contributed by atoms with van der Waals surface area (Å²) >= 11 is 0. The average molecular weight is 392 g/mol. The topological polar surface area (TPSA) is 55.1 Å². The van der Waals surface area contributed by atoms with E-state index in [2.05, 4.69) is 10.3 Å². The van der Waals surface area contributed by atoms with Gasteiger partial charge in [0.25, 0.3) is 0 Å².